The second kappa shape index (κ2) is 8.47. The summed E-state index contributed by atoms with van der Waals surface area (Å²) in [6.45, 7) is 3.98. The molecule has 1 aromatic carbocycles. The number of aromatic nitrogens is 1. The van der Waals surface area contributed by atoms with Gasteiger partial charge in [0.15, 0.2) is 0 Å². The topological polar surface area (TPSA) is 108 Å². The zero-order chi connectivity index (χ0) is 17.5. The zero-order valence-electron chi connectivity index (χ0n) is 13.8. The first kappa shape index (κ1) is 18.0. The number of fused-ring (bicyclic) bond motifs is 1. The first-order chi connectivity index (χ1) is 11.6. The Morgan fingerprint density at radius 1 is 1.29 bits per heavy atom. The van der Waals surface area contributed by atoms with E-state index in [1.165, 1.54) is 4.57 Å². The average Bonchev–Trinajstić information content (AvgIpc) is 2.58. The van der Waals surface area contributed by atoms with Gasteiger partial charge in [-0.3, -0.25) is 9.59 Å². The number of quaternary nitrogens is 1. The standard InChI is InChI=1S/C17H23N3O4/c1-2-10-20-13-6-4-3-5-12(13)15(22)14(17(20)24)16(23)19-8-7-18-9-11-21/h3-6,18,21-22H,2,7-11H2,1H3,(H,19,23)/p+1. The molecule has 7 heteroatoms. The molecular formula is C17H24N3O4+. The quantitative estimate of drug-likeness (QED) is 0.484. The third-order valence-electron chi connectivity index (χ3n) is 3.79. The van der Waals surface area contributed by atoms with Gasteiger partial charge in [-0.05, 0) is 18.6 Å². The molecule has 24 heavy (non-hydrogen) atoms. The predicted molar refractivity (Wildman–Crippen MR) is 91.2 cm³/mol. The summed E-state index contributed by atoms with van der Waals surface area (Å²) in [5.74, 6) is -0.856. The molecule has 2 rings (SSSR count). The number of benzene rings is 1. The highest BCUT2D eigenvalue weighted by atomic mass is 16.3. The lowest BCUT2D eigenvalue weighted by Crippen LogP contribution is -2.86. The maximum Gasteiger partial charge on any atom is 0.267 e. The number of carbonyl (C=O) groups excluding carboxylic acids is 1. The molecule has 0 saturated carbocycles. The van der Waals surface area contributed by atoms with Gasteiger partial charge in [-0.2, -0.15) is 0 Å². The molecule has 0 radical (unpaired) electrons. The number of hydrogen-bond donors (Lipinski definition) is 4. The molecule has 0 spiro atoms. The van der Waals surface area contributed by atoms with E-state index in [1.807, 2.05) is 12.2 Å². The third-order valence-corrected chi connectivity index (χ3v) is 3.79. The van der Waals surface area contributed by atoms with Crippen molar-refractivity contribution in [3.05, 3.63) is 40.2 Å². The van der Waals surface area contributed by atoms with Crippen molar-refractivity contribution in [1.29, 1.82) is 0 Å². The molecule has 0 aliphatic carbocycles. The summed E-state index contributed by atoms with van der Waals surface area (Å²) < 4.78 is 1.53. The van der Waals surface area contributed by atoms with Crippen molar-refractivity contribution < 1.29 is 20.3 Å². The Hall–Kier alpha value is -2.38. The molecular weight excluding hydrogens is 310 g/mol. The number of nitrogens with zero attached hydrogens (tertiary/aromatic N) is 1. The Kier molecular flexibility index (Phi) is 6.34. The Morgan fingerprint density at radius 3 is 2.75 bits per heavy atom. The van der Waals surface area contributed by atoms with Crippen LogP contribution in [0.3, 0.4) is 0 Å². The molecule has 1 heterocycles. The van der Waals surface area contributed by atoms with Crippen molar-refractivity contribution in [2.45, 2.75) is 19.9 Å². The number of aromatic hydroxyl groups is 1. The molecule has 0 aliphatic heterocycles. The summed E-state index contributed by atoms with van der Waals surface area (Å²) >= 11 is 0. The lowest BCUT2D eigenvalue weighted by Gasteiger charge is -2.14. The monoisotopic (exact) mass is 334 g/mol. The van der Waals surface area contributed by atoms with Crippen LogP contribution < -0.4 is 16.2 Å². The highest BCUT2D eigenvalue weighted by Gasteiger charge is 2.21. The molecule has 0 bridgehead atoms. The Balaban J connectivity index is 2.35. The normalized spacial score (nSPS) is 10.9. The number of hydrogen-bond acceptors (Lipinski definition) is 4. The lowest BCUT2D eigenvalue weighted by atomic mass is 10.1. The molecule has 130 valence electrons. The number of amides is 1. The summed E-state index contributed by atoms with van der Waals surface area (Å²) in [4.78, 5) is 25.0. The number of nitrogens with one attached hydrogen (secondary N) is 1. The van der Waals surface area contributed by atoms with Crippen LogP contribution >= 0.6 is 0 Å². The van der Waals surface area contributed by atoms with Gasteiger partial charge in [0.05, 0.1) is 31.8 Å². The number of aliphatic hydroxyl groups excluding tert-OH is 1. The molecule has 2 aromatic rings. The summed E-state index contributed by atoms with van der Waals surface area (Å²) in [5, 5.41) is 24.1. The van der Waals surface area contributed by atoms with Crippen LogP contribution in [0.5, 0.6) is 5.75 Å². The van der Waals surface area contributed by atoms with E-state index in [0.717, 1.165) is 6.42 Å². The first-order valence-corrected chi connectivity index (χ1v) is 8.17. The van der Waals surface area contributed by atoms with Gasteiger partial charge in [-0.15, -0.1) is 0 Å². The number of aryl methyl sites for hydroxylation is 1. The molecule has 1 amide bonds. The van der Waals surface area contributed by atoms with E-state index in [4.69, 9.17) is 5.11 Å². The molecule has 0 aliphatic rings. The van der Waals surface area contributed by atoms with Crippen molar-refractivity contribution in [3.63, 3.8) is 0 Å². The van der Waals surface area contributed by atoms with Crippen LogP contribution in [0.2, 0.25) is 0 Å². The summed E-state index contributed by atoms with van der Waals surface area (Å²) in [7, 11) is 0. The minimum absolute atomic E-state index is 0.0706. The Labute approximate surface area is 139 Å². The molecule has 0 saturated heterocycles. The lowest BCUT2D eigenvalue weighted by molar-refractivity contribution is -0.654. The van der Waals surface area contributed by atoms with E-state index < -0.39 is 11.5 Å². The number of rotatable bonds is 8. The largest absolute Gasteiger partial charge is 0.506 e. The summed E-state index contributed by atoms with van der Waals surface area (Å²) in [6, 6.07) is 7.01. The van der Waals surface area contributed by atoms with Gasteiger partial charge in [0.25, 0.3) is 11.5 Å². The minimum Gasteiger partial charge on any atom is -0.506 e. The Bertz CT molecular complexity index is 770. The van der Waals surface area contributed by atoms with E-state index in [1.54, 1.807) is 24.3 Å². The van der Waals surface area contributed by atoms with Gasteiger partial charge in [0, 0.05) is 11.9 Å². The average molecular weight is 334 g/mol. The number of pyridine rings is 1. The van der Waals surface area contributed by atoms with Gasteiger partial charge in [0.1, 0.15) is 11.3 Å². The molecule has 5 N–H and O–H groups in total. The van der Waals surface area contributed by atoms with E-state index in [2.05, 4.69) is 5.32 Å². The highest BCUT2D eigenvalue weighted by Crippen LogP contribution is 2.26. The fourth-order valence-electron chi connectivity index (χ4n) is 2.65. The molecule has 0 atom stereocenters. The fourth-order valence-corrected chi connectivity index (χ4v) is 2.65. The van der Waals surface area contributed by atoms with E-state index in [0.29, 0.717) is 37.1 Å². The maximum absolute atomic E-state index is 12.7. The number of aliphatic hydroxyl groups is 1. The summed E-state index contributed by atoms with van der Waals surface area (Å²) in [6.07, 6.45) is 0.742. The van der Waals surface area contributed by atoms with Crippen LogP contribution in [0.1, 0.15) is 23.7 Å². The van der Waals surface area contributed by atoms with Crippen molar-refractivity contribution in [1.82, 2.24) is 9.88 Å². The van der Waals surface area contributed by atoms with E-state index in [-0.39, 0.29) is 17.9 Å². The second-order valence-electron chi connectivity index (χ2n) is 5.54. The van der Waals surface area contributed by atoms with E-state index >= 15 is 0 Å². The predicted octanol–water partition coefficient (Wildman–Crippen LogP) is -0.597. The van der Waals surface area contributed by atoms with Gasteiger partial charge < -0.3 is 25.4 Å². The Morgan fingerprint density at radius 2 is 2.04 bits per heavy atom. The van der Waals surface area contributed by atoms with Gasteiger partial charge in [-0.25, -0.2) is 0 Å². The van der Waals surface area contributed by atoms with Crippen molar-refractivity contribution in [2.75, 3.05) is 26.2 Å². The van der Waals surface area contributed by atoms with Crippen LogP contribution in [0.15, 0.2) is 29.1 Å². The second-order valence-corrected chi connectivity index (χ2v) is 5.54. The smallest absolute Gasteiger partial charge is 0.267 e. The van der Waals surface area contributed by atoms with E-state index in [9.17, 15) is 14.7 Å². The third kappa shape index (κ3) is 3.74. The van der Waals surface area contributed by atoms with Crippen molar-refractivity contribution in [3.8, 4) is 5.75 Å². The summed E-state index contributed by atoms with van der Waals surface area (Å²) in [5.41, 5.74) is -0.0797. The van der Waals surface area contributed by atoms with Gasteiger partial charge in [-0.1, -0.05) is 19.1 Å². The van der Waals surface area contributed by atoms with Crippen molar-refractivity contribution in [2.24, 2.45) is 0 Å². The van der Waals surface area contributed by atoms with Crippen LogP contribution in [-0.4, -0.2) is 46.9 Å². The fraction of sp³-hybridized carbons (Fsp3) is 0.412. The number of para-hydroxylation sites is 1. The van der Waals surface area contributed by atoms with Crippen LogP contribution in [0.4, 0.5) is 0 Å². The minimum atomic E-state index is -0.578. The van der Waals surface area contributed by atoms with Crippen molar-refractivity contribution >= 4 is 16.8 Å². The maximum atomic E-state index is 12.7. The number of nitrogens with two attached hydrogens (primary N) is 1. The van der Waals surface area contributed by atoms with Crippen LogP contribution in [0, 0.1) is 0 Å². The van der Waals surface area contributed by atoms with Gasteiger partial charge in [0.2, 0.25) is 0 Å². The SMILES string of the molecule is CCCn1c(=O)c(C(=O)NCC[NH2+]CCO)c(O)c2ccccc21. The molecule has 0 unspecified atom stereocenters. The van der Waals surface area contributed by atoms with Crippen LogP contribution in [0.25, 0.3) is 10.9 Å². The first-order valence-electron chi connectivity index (χ1n) is 8.17. The highest BCUT2D eigenvalue weighted by molar-refractivity contribution is 6.02. The number of carbonyl (C=O) groups is 1. The van der Waals surface area contributed by atoms with Gasteiger partial charge >= 0.3 is 0 Å². The van der Waals surface area contributed by atoms with Crippen LogP contribution in [-0.2, 0) is 6.54 Å². The molecule has 1 aromatic heterocycles. The molecule has 0 fully saturated rings. The molecule has 7 nitrogen and oxygen atoms in total. The zero-order valence-corrected chi connectivity index (χ0v) is 13.8.